The molecule has 0 radical (unpaired) electrons. The van der Waals surface area contributed by atoms with E-state index in [1.807, 2.05) is 6.92 Å². The number of hydrogen-bond donors (Lipinski definition) is 4. The predicted molar refractivity (Wildman–Crippen MR) is 76.8 cm³/mol. The molecule has 0 aromatic carbocycles. The van der Waals surface area contributed by atoms with Crippen molar-refractivity contribution in [3.05, 3.63) is 18.2 Å². The van der Waals surface area contributed by atoms with Crippen molar-refractivity contribution in [3.8, 4) is 0 Å². The van der Waals surface area contributed by atoms with Crippen molar-refractivity contribution in [2.24, 2.45) is 5.92 Å². The zero-order valence-corrected chi connectivity index (χ0v) is 12.1. The number of amides is 2. The zero-order chi connectivity index (χ0) is 15.2. The first-order chi connectivity index (χ1) is 10.1. The summed E-state index contributed by atoms with van der Waals surface area (Å²) in [5.74, 6) is -0.570. The van der Waals surface area contributed by atoms with E-state index in [-0.39, 0.29) is 12.5 Å². The maximum Gasteiger partial charge on any atom is 0.326 e. The number of aliphatic carboxylic acids is 1. The quantitative estimate of drug-likeness (QED) is 0.634. The van der Waals surface area contributed by atoms with Crippen LogP contribution in [0.1, 0.15) is 38.3 Å². The van der Waals surface area contributed by atoms with E-state index < -0.39 is 18.0 Å². The molecule has 2 rings (SSSR count). The lowest BCUT2D eigenvalue weighted by Gasteiger charge is -2.22. The first kappa shape index (κ1) is 15.3. The Morgan fingerprint density at radius 1 is 1.43 bits per heavy atom. The molecule has 1 aliphatic rings. The molecule has 1 aliphatic carbocycles. The number of carbonyl (C=O) groups excluding carboxylic acids is 1. The molecule has 1 heterocycles. The number of nitrogens with zero attached hydrogens (tertiary/aromatic N) is 1. The highest BCUT2D eigenvalue weighted by Crippen LogP contribution is 2.27. The van der Waals surface area contributed by atoms with Crippen LogP contribution in [0.5, 0.6) is 0 Å². The fraction of sp³-hybridized carbons (Fsp3) is 0.643. The number of hydrogen-bond acceptors (Lipinski definition) is 3. The summed E-state index contributed by atoms with van der Waals surface area (Å²) < 4.78 is 0. The first-order valence-corrected chi connectivity index (χ1v) is 7.33. The van der Waals surface area contributed by atoms with E-state index in [1.54, 1.807) is 6.20 Å². The monoisotopic (exact) mass is 294 g/mol. The van der Waals surface area contributed by atoms with Crippen molar-refractivity contribution in [1.82, 2.24) is 20.6 Å². The van der Waals surface area contributed by atoms with Gasteiger partial charge in [0.15, 0.2) is 0 Å². The van der Waals surface area contributed by atoms with Gasteiger partial charge in [-0.3, -0.25) is 0 Å². The second-order valence-corrected chi connectivity index (χ2v) is 5.62. The molecule has 2 amide bonds. The van der Waals surface area contributed by atoms with Crippen LogP contribution in [0.15, 0.2) is 12.5 Å². The van der Waals surface area contributed by atoms with Crippen molar-refractivity contribution < 1.29 is 14.7 Å². The topological polar surface area (TPSA) is 107 Å². The van der Waals surface area contributed by atoms with Gasteiger partial charge in [0.25, 0.3) is 0 Å². The summed E-state index contributed by atoms with van der Waals surface area (Å²) in [6, 6.07) is -1.34. The number of nitrogens with one attached hydrogen (secondary N) is 3. The number of aromatic nitrogens is 2. The van der Waals surface area contributed by atoms with Crippen molar-refractivity contribution in [3.63, 3.8) is 0 Å². The third-order valence-electron chi connectivity index (χ3n) is 4.05. The largest absolute Gasteiger partial charge is 0.480 e. The van der Waals surface area contributed by atoms with Crippen LogP contribution in [0.25, 0.3) is 0 Å². The van der Waals surface area contributed by atoms with Crippen molar-refractivity contribution in [2.75, 3.05) is 0 Å². The van der Waals surface area contributed by atoms with Gasteiger partial charge < -0.3 is 20.7 Å². The van der Waals surface area contributed by atoms with Crippen LogP contribution in [0.2, 0.25) is 0 Å². The molecular weight excluding hydrogens is 272 g/mol. The lowest BCUT2D eigenvalue weighted by atomic mass is 10.0. The van der Waals surface area contributed by atoms with Gasteiger partial charge in [-0.15, -0.1) is 0 Å². The van der Waals surface area contributed by atoms with E-state index in [1.165, 1.54) is 19.2 Å². The highest BCUT2D eigenvalue weighted by Gasteiger charge is 2.25. The first-order valence-electron chi connectivity index (χ1n) is 7.33. The van der Waals surface area contributed by atoms with Gasteiger partial charge in [0, 0.05) is 24.4 Å². The summed E-state index contributed by atoms with van der Waals surface area (Å²) in [5.41, 5.74) is 0.673. The molecule has 1 aromatic heterocycles. The number of H-pyrrole nitrogens is 1. The van der Waals surface area contributed by atoms with Crippen LogP contribution in [-0.4, -0.2) is 39.2 Å². The van der Waals surface area contributed by atoms with Crippen LogP contribution in [-0.2, 0) is 11.2 Å². The Labute approximate surface area is 123 Å². The van der Waals surface area contributed by atoms with E-state index in [4.69, 9.17) is 0 Å². The fourth-order valence-electron chi connectivity index (χ4n) is 2.80. The molecule has 0 bridgehead atoms. The molecule has 0 aliphatic heterocycles. The molecule has 0 saturated heterocycles. The van der Waals surface area contributed by atoms with Crippen molar-refractivity contribution in [1.29, 1.82) is 0 Å². The Kier molecular flexibility index (Phi) is 5.19. The average Bonchev–Trinajstić information content (AvgIpc) is 3.10. The normalized spacial score (nSPS) is 18.1. The van der Waals surface area contributed by atoms with Crippen LogP contribution >= 0.6 is 0 Å². The molecule has 0 spiro atoms. The molecule has 21 heavy (non-hydrogen) atoms. The molecule has 7 nitrogen and oxygen atoms in total. The van der Waals surface area contributed by atoms with Crippen LogP contribution in [0.4, 0.5) is 4.79 Å². The zero-order valence-electron chi connectivity index (χ0n) is 12.1. The number of carboxylic acid groups (broad SMARTS) is 1. The summed E-state index contributed by atoms with van der Waals surface area (Å²) in [4.78, 5) is 29.8. The predicted octanol–water partition coefficient (Wildman–Crippen LogP) is 1.28. The number of urea groups is 1. The van der Waals surface area contributed by atoms with E-state index in [9.17, 15) is 14.7 Å². The molecule has 1 saturated carbocycles. The molecular formula is C14H22N4O3. The van der Waals surface area contributed by atoms with Crippen molar-refractivity contribution in [2.45, 2.75) is 51.1 Å². The summed E-state index contributed by atoms with van der Waals surface area (Å²) in [7, 11) is 0. The highest BCUT2D eigenvalue weighted by molar-refractivity contribution is 5.82. The Balaban J connectivity index is 1.84. The standard InChI is InChI=1S/C14H22N4O3/c1-9(10-4-2-3-5-10)17-14(21)18-12(13(19)20)6-11-7-15-8-16-11/h7-10,12H,2-6H2,1H3,(H,15,16)(H,19,20)(H2,17,18,21)/t9?,12-/m0/s1. The molecule has 1 fully saturated rings. The van der Waals surface area contributed by atoms with Gasteiger partial charge in [-0.2, -0.15) is 0 Å². The maximum atomic E-state index is 11.9. The smallest absolute Gasteiger partial charge is 0.326 e. The van der Waals surface area contributed by atoms with Gasteiger partial charge in [-0.1, -0.05) is 12.8 Å². The summed E-state index contributed by atoms with van der Waals surface area (Å²) in [5, 5.41) is 14.5. The summed E-state index contributed by atoms with van der Waals surface area (Å²) in [6.45, 7) is 1.97. The van der Waals surface area contributed by atoms with E-state index in [0.717, 1.165) is 12.8 Å². The molecule has 7 heteroatoms. The van der Waals surface area contributed by atoms with Gasteiger partial charge >= 0.3 is 12.0 Å². The average molecular weight is 294 g/mol. The van der Waals surface area contributed by atoms with Crippen LogP contribution < -0.4 is 10.6 Å². The lowest BCUT2D eigenvalue weighted by Crippen LogP contribution is -2.50. The van der Waals surface area contributed by atoms with E-state index >= 15 is 0 Å². The molecule has 116 valence electrons. The number of carbonyl (C=O) groups is 2. The molecule has 2 atom stereocenters. The number of carboxylic acids is 1. The van der Waals surface area contributed by atoms with Crippen LogP contribution in [0, 0.1) is 5.92 Å². The van der Waals surface area contributed by atoms with Crippen molar-refractivity contribution >= 4 is 12.0 Å². The third kappa shape index (κ3) is 4.47. The van der Waals surface area contributed by atoms with E-state index in [2.05, 4.69) is 20.6 Å². The SMILES string of the molecule is CC(NC(=O)N[C@@H](Cc1cnc[nH]1)C(=O)O)C1CCCC1. The summed E-state index contributed by atoms with van der Waals surface area (Å²) >= 11 is 0. The summed E-state index contributed by atoms with van der Waals surface area (Å²) in [6.07, 6.45) is 7.87. The molecule has 1 aromatic rings. The fourth-order valence-corrected chi connectivity index (χ4v) is 2.80. The van der Waals surface area contributed by atoms with Gasteiger partial charge in [0.2, 0.25) is 0 Å². The maximum absolute atomic E-state index is 11.9. The number of rotatable bonds is 6. The Morgan fingerprint density at radius 2 is 2.14 bits per heavy atom. The second-order valence-electron chi connectivity index (χ2n) is 5.62. The molecule has 4 N–H and O–H groups in total. The minimum absolute atomic E-state index is 0.0640. The minimum atomic E-state index is -1.06. The number of imidazole rings is 1. The Bertz CT molecular complexity index is 469. The Hall–Kier alpha value is -2.05. The van der Waals surface area contributed by atoms with E-state index in [0.29, 0.717) is 11.6 Å². The van der Waals surface area contributed by atoms with Gasteiger partial charge in [-0.05, 0) is 25.7 Å². The van der Waals surface area contributed by atoms with Gasteiger partial charge in [0.05, 0.1) is 6.33 Å². The highest BCUT2D eigenvalue weighted by atomic mass is 16.4. The lowest BCUT2D eigenvalue weighted by molar-refractivity contribution is -0.139. The van der Waals surface area contributed by atoms with Gasteiger partial charge in [0.1, 0.15) is 6.04 Å². The molecule has 1 unspecified atom stereocenters. The number of aromatic amines is 1. The third-order valence-corrected chi connectivity index (χ3v) is 4.05. The Morgan fingerprint density at radius 3 is 2.71 bits per heavy atom. The van der Waals surface area contributed by atoms with Crippen LogP contribution in [0.3, 0.4) is 0 Å². The second kappa shape index (κ2) is 7.10. The minimum Gasteiger partial charge on any atom is -0.480 e. The van der Waals surface area contributed by atoms with Gasteiger partial charge in [-0.25, -0.2) is 14.6 Å².